The minimum absolute atomic E-state index is 0.109. The fourth-order valence-electron chi connectivity index (χ4n) is 3.43. The van der Waals surface area contributed by atoms with Crippen LogP contribution in [0.1, 0.15) is 59.4 Å². The summed E-state index contributed by atoms with van der Waals surface area (Å²) in [6, 6.07) is 7.13. The van der Waals surface area contributed by atoms with Crippen LogP contribution in [0.15, 0.2) is 24.3 Å². The van der Waals surface area contributed by atoms with Crippen molar-refractivity contribution in [2.24, 2.45) is 0 Å². The van der Waals surface area contributed by atoms with Crippen molar-refractivity contribution in [2.45, 2.75) is 45.6 Å². The Balaban J connectivity index is 1.85. The maximum Gasteiger partial charge on any atom is 0.291 e. The number of rotatable bonds is 7. The molecule has 0 aliphatic carbocycles. The number of aromatic nitrogens is 2. The number of anilines is 1. The average molecular weight is 384 g/mol. The SMILES string of the molecule is CCCCN(C)C(=O)c1nc(C(=O)Nc2ccc(OC)cc2)n2c1CCCC2. The molecule has 0 saturated heterocycles. The molecule has 2 amide bonds. The van der Waals surface area contributed by atoms with Gasteiger partial charge < -0.3 is 19.5 Å². The number of hydrogen-bond donors (Lipinski definition) is 1. The van der Waals surface area contributed by atoms with Gasteiger partial charge in [0.25, 0.3) is 11.8 Å². The number of ether oxygens (including phenoxy) is 1. The number of nitrogens with zero attached hydrogens (tertiary/aromatic N) is 3. The number of benzene rings is 1. The maximum atomic E-state index is 12.9. The van der Waals surface area contributed by atoms with E-state index in [1.807, 2.05) is 4.57 Å². The van der Waals surface area contributed by atoms with Crippen molar-refractivity contribution in [3.05, 3.63) is 41.5 Å². The molecule has 7 heteroatoms. The van der Waals surface area contributed by atoms with Crippen LogP contribution in [0.2, 0.25) is 0 Å². The summed E-state index contributed by atoms with van der Waals surface area (Å²) in [6.45, 7) is 3.49. The maximum absolute atomic E-state index is 12.9. The quantitative estimate of drug-likeness (QED) is 0.794. The standard InChI is InChI=1S/C21H28N4O3/c1-4-5-13-24(2)21(27)18-17-8-6-7-14-25(17)19(23-18)20(26)22-15-9-11-16(28-3)12-10-15/h9-12H,4-8,13-14H2,1-3H3,(H,22,26). The van der Waals surface area contributed by atoms with E-state index in [9.17, 15) is 9.59 Å². The number of fused-ring (bicyclic) bond motifs is 1. The normalized spacial score (nSPS) is 13.0. The summed E-state index contributed by atoms with van der Waals surface area (Å²) < 4.78 is 7.05. The average Bonchev–Trinajstić information content (AvgIpc) is 3.11. The molecular weight excluding hydrogens is 356 g/mol. The van der Waals surface area contributed by atoms with Crippen molar-refractivity contribution in [2.75, 3.05) is 26.0 Å². The number of amides is 2. The first-order valence-corrected chi connectivity index (χ1v) is 9.85. The molecule has 1 aromatic carbocycles. The third kappa shape index (κ3) is 4.18. The van der Waals surface area contributed by atoms with Gasteiger partial charge in [-0.25, -0.2) is 4.98 Å². The lowest BCUT2D eigenvalue weighted by Gasteiger charge is -2.19. The van der Waals surface area contributed by atoms with Gasteiger partial charge in [-0.1, -0.05) is 13.3 Å². The Morgan fingerprint density at radius 1 is 1.25 bits per heavy atom. The minimum Gasteiger partial charge on any atom is -0.497 e. The molecule has 28 heavy (non-hydrogen) atoms. The monoisotopic (exact) mass is 384 g/mol. The van der Waals surface area contributed by atoms with Gasteiger partial charge in [0.15, 0.2) is 5.82 Å². The van der Waals surface area contributed by atoms with Crippen LogP contribution in [-0.4, -0.2) is 47.0 Å². The first-order chi connectivity index (χ1) is 13.5. The summed E-state index contributed by atoms with van der Waals surface area (Å²) in [4.78, 5) is 31.9. The first-order valence-electron chi connectivity index (χ1n) is 9.85. The molecule has 2 aromatic rings. The summed E-state index contributed by atoms with van der Waals surface area (Å²) >= 11 is 0. The van der Waals surface area contributed by atoms with Crippen LogP contribution in [0.5, 0.6) is 5.75 Å². The van der Waals surface area contributed by atoms with E-state index in [-0.39, 0.29) is 11.8 Å². The fraction of sp³-hybridized carbons (Fsp3) is 0.476. The number of carbonyl (C=O) groups excluding carboxylic acids is 2. The number of unbranched alkanes of at least 4 members (excludes halogenated alkanes) is 1. The topological polar surface area (TPSA) is 76.5 Å². The van der Waals surface area contributed by atoms with Crippen molar-refractivity contribution in [3.8, 4) is 5.75 Å². The largest absolute Gasteiger partial charge is 0.497 e. The highest BCUT2D eigenvalue weighted by Crippen LogP contribution is 2.23. The molecule has 2 heterocycles. The highest BCUT2D eigenvalue weighted by molar-refractivity contribution is 6.03. The van der Waals surface area contributed by atoms with E-state index in [2.05, 4.69) is 17.2 Å². The number of carbonyl (C=O) groups is 2. The lowest BCUT2D eigenvalue weighted by Crippen LogP contribution is -2.29. The highest BCUT2D eigenvalue weighted by atomic mass is 16.5. The molecular formula is C21H28N4O3. The van der Waals surface area contributed by atoms with E-state index >= 15 is 0 Å². The van der Waals surface area contributed by atoms with Crippen molar-refractivity contribution < 1.29 is 14.3 Å². The molecule has 0 fully saturated rings. The van der Waals surface area contributed by atoms with Gasteiger partial charge in [0.05, 0.1) is 12.8 Å². The Labute approximate surface area is 165 Å². The highest BCUT2D eigenvalue weighted by Gasteiger charge is 2.28. The Morgan fingerprint density at radius 3 is 2.68 bits per heavy atom. The smallest absolute Gasteiger partial charge is 0.291 e. The van der Waals surface area contributed by atoms with Crippen LogP contribution in [0.25, 0.3) is 0 Å². The fourth-order valence-corrected chi connectivity index (χ4v) is 3.43. The summed E-state index contributed by atoms with van der Waals surface area (Å²) in [7, 11) is 3.39. The van der Waals surface area contributed by atoms with E-state index < -0.39 is 0 Å². The molecule has 7 nitrogen and oxygen atoms in total. The van der Waals surface area contributed by atoms with E-state index in [1.165, 1.54) is 0 Å². The van der Waals surface area contributed by atoms with E-state index in [1.54, 1.807) is 43.3 Å². The molecule has 150 valence electrons. The van der Waals surface area contributed by atoms with Crippen LogP contribution in [-0.2, 0) is 13.0 Å². The number of methoxy groups -OCH3 is 1. The van der Waals surface area contributed by atoms with Gasteiger partial charge >= 0.3 is 0 Å². The third-order valence-corrected chi connectivity index (χ3v) is 5.07. The predicted molar refractivity (Wildman–Crippen MR) is 108 cm³/mol. The molecule has 0 radical (unpaired) electrons. The number of hydrogen-bond acceptors (Lipinski definition) is 4. The van der Waals surface area contributed by atoms with Gasteiger partial charge in [-0.15, -0.1) is 0 Å². The summed E-state index contributed by atoms with van der Waals surface area (Å²) in [5.41, 5.74) is 1.95. The summed E-state index contributed by atoms with van der Waals surface area (Å²) in [6.07, 6.45) is 4.72. The zero-order valence-electron chi connectivity index (χ0n) is 16.8. The summed E-state index contributed by atoms with van der Waals surface area (Å²) in [5, 5.41) is 2.87. The van der Waals surface area contributed by atoms with Crippen LogP contribution in [0, 0.1) is 0 Å². The predicted octanol–water partition coefficient (Wildman–Crippen LogP) is 3.35. The van der Waals surface area contributed by atoms with Crippen LogP contribution >= 0.6 is 0 Å². The van der Waals surface area contributed by atoms with Crippen LogP contribution < -0.4 is 10.1 Å². The number of nitrogens with one attached hydrogen (secondary N) is 1. The molecule has 0 unspecified atom stereocenters. The van der Waals surface area contributed by atoms with Gasteiger partial charge in [0, 0.05) is 25.8 Å². The minimum atomic E-state index is -0.302. The molecule has 0 spiro atoms. The van der Waals surface area contributed by atoms with Crippen molar-refractivity contribution in [1.29, 1.82) is 0 Å². The zero-order chi connectivity index (χ0) is 20.1. The molecule has 1 aliphatic heterocycles. The Bertz CT molecular complexity index is 842. The summed E-state index contributed by atoms with van der Waals surface area (Å²) in [5.74, 6) is 0.614. The van der Waals surface area contributed by atoms with Gasteiger partial charge in [-0.3, -0.25) is 9.59 Å². The van der Waals surface area contributed by atoms with E-state index in [0.29, 0.717) is 30.3 Å². The molecule has 0 atom stereocenters. The van der Waals surface area contributed by atoms with Crippen molar-refractivity contribution in [3.63, 3.8) is 0 Å². The van der Waals surface area contributed by atoms with Gasteiger partial charge in [0.1, 0.15) is 11.4 Å². The van der Waals surface area contributed by atoms with Gasteiger partial charge in [0.2, 0.25) is 0 Å². The zero-order valence-corrected chi connectivity index (χ0v) is 16.8. The second-order valence-corrected chi connectivity index (χ2v) is 7.10. The Hall–Kier alpha value is -2.83. The van der Waals surface area contributed by atoms with E-state index in [0.717, 1.165) is 43.5 Å². The van der Waals surface area contributed by atoms with Crippen molar-refractivity contribution >= 4 is 17.5 Å². The third-order valence-electron chi connectivity index (χ3n) is 5.07. The van der Waals surface area contributed by atoms with Gasteiger partial charge in [-0.2, -0.15) is 0 Å². The second kappa shape index (κ2) is 8.91. The lowest BCUT2D eigenvalue weighted by atomic mass is 10.1. The second-order valence-electron chi connectivity index (χ2n) is 7.10. The number of imidazole rings is 1. The van der Waals surface area contributed by atoms with Crippen LogP contribution in [0.3, 0.4) is 0 Å². The molecule has 1 aromatic heterocycles. The molecule has 1 aliphatic rings. The molecule has 1 N–H and O–H groups in total. The molecule has 0 bridgehead atoms. The molecule has 3 rings (SSSR count). The van der Waals surface area contributed by atoms with Gasteiger partial charge in [-0.05, 0) is 49.9 Å². The molecule has 0 saturated carbocycles. The first kappa shape index (κ1) is 19.9. The Morgan fingerprint density at radius 2 is 2.00 bits per heavy atom. The lowest BCUT2D eigenvalue weighted by molar-refractivity contribution is 0.0786. The van der Waals surface area contributed by atoms with Crippen molar-refractivity contribution in [1.82, 2.24) is 14.5 Å². The van der Waals surface area contributed by atoms with E-state index in [4.69, 9.17) is 4.74 Å². The van der Waals surface area contributed by atoms with Crippen LogP contribution in [0.4, 0.5) is 5.69 Å². The Kier molecular flexibility index (Phi) is 6.34.